The Hall–Kier alpha value is -2.60. The van der Waals surface area contributed by atoms with E-state index < -0.39 is 0 Å². The summed E-state index contributed by atoms with van der Waals surface area (Å²) >= 11 is 0. The second-order valence-corrected chi connectivity index (χ2v) is 10.4. The Morgan fingerprint density at radius 1 is 1.19 bits per heavy atom. The van der Waals surface area contributed by atoms with Crippen LogP contribution < -0.4 is 4.90 Å². The van der Waals surface area contributed by atoms with Crippen LogP contribution in [0.5, 0.6) is 0 Å². The van der Waals surface area contributed by atoms with Gasteiger partial charge in [0.1, 0.15) is 5.69 Å². The third-order valence-electron chi connectivity index (χ3n) is 7.60. The van der Waals surface area contributed by atoms with E-state index in [-0.39, 0.29) is 11.8 Å². The average molecular weight is 435 g/mol. The maximum Gasteiger partial charge on any atom is 0.229 e. The van der Waals surface area contributed by atoms with E-state index in [1.54, 1.807) is 7.11 Å². The fourth-order valence-corrected chi connectivity index (χ4v) is 5.47. The van der Waals surface area contributed by atoms with Crippen molar-refractivity contribution in [1.82, 2.24) is 15.2 Å². The quantitative estimate of drug-likeness (QED) is 0.590. The summed E-state index contributed by atoms with van der Waals surface area (Å²) in [5.74, 6) is 0.288. The molecule has 0 bridgehead atoms. The van der Waals surface area contributed by atoms with Gasteiger partial charge in [0.15, 0.2) is 0 Å². The molecule has 1 aromatic carbocycles. The minimum Gasteiger partial charge on any atom is -0.381 e. The molecular weight excluding hydrogens is 400 g/mol. The molecule has 0 saturated heterocycles. The highest BCUT2D eigenvalue weighted by Crippen LogP contribution is 2.38. The maximum absolute atomic E-state index is 13.1. The molecule has 5 rings (SSSR count). The summed E-state index contributed by atoms with van der Waals surface area (Å²) < 4.78 is 5.45. The molecule has 1 amide bonds. The summed E-state index contributed by atoms with van der Waals surface area (Å²) in [5.41, 5.74) is 6.98. The van der Waals surface area contributed by atoms with Gasteiger partial charge in [-0.1, -0.05) is 19.9 Å². The minimum atomic E-state index is 0.0844. The van der Waals surface area contributed by atoms with Gasteiger partial charge in [-0.3, -0.25) is 9.89 Å². The highest BCUT2D eigenvalue weighted by atomic mass is 16.5. The number of rotatable bonds is 4. The van der Waals surface area contributed by atoms with Gasteiger partial charge in [-0.2, -0.15) is 5.10 Å². The first-order chi connectivity index (χ1) is 15.3. The summed E-state index contributed by atoms with van der Waals surface area (Å²) in [7, 11) is 3.65. The monoisotopic (exact) mass is 434 g/mol. The van der Waals surface area contributed by atoms with Crippen molar-refractivity contribution in [2.75, 3.05) is 19.1 Å². The summed E-state index contributed by atoms with van der Waals surface area (Å²) in [6.07, 6.45) is 7.30. The smallest absolute Gasteiger partial charge is 0.229 e. The van der Waals surface area contributed by atoms with Crippen molar-refractivity contribution in [3.63, 3.8) is 0 Å². The predicted molar refractivity (Wildman–Crippen MR) is 128 cm³/mol. The van der Waals surface area contributed by atoms with Crippen LogP contribution in [0.2, 0.25) is 0 Å². The second-order valence-electron chi connectivity index (χ2n) is 10.4. The molecule has 1 fully saturated rings. The lowest BCUT2D eigenvalue weighted by Gasteiger charge is -2.30. The maximum atomic E-state index is 13.1. The van der Waals surface area contributed by atoms with Crippen molar-refractivity contribution < 1.29 is 9.53 Å². The molecule has 0 unspecified atom stereocenters. The van der Waals surface area contributed by atoms with Crippen molar-refractivity contribution in [3.8, 4) is 11.4 Å². The van der Waals surface area contributed by atoms with Gasteiger partial charge in [-0.05, 0) is 68.6 Å². The molecule has 2 aromatic heterocycles. The molecule has 2 N–H and O–H groups in total. The number of ether oxygens (including phenoxy) is 1. The molecule has 2 aliphatic rings. The number of aromatic amines is 2. The normalized spacial score (nSPS) is 22.6. The number of nitrogens with one attached hydrogen (secondary N) is 2. The third-order valence-corrected chi connectivity index (χ3v) is 7.60. The third kappa shape index (κ3) is 3.85. The molecule has 2 heterocycles. The van der Waals surface area contributed by atoms with Crippen LogP contribution >= 0.6 is 0 Å². The number of hydrogen-bond acceptors (Lipinski definition) is 3. The Balaban J connectivity index is 1.37. The number of benzene rings is 1. The van der Waals surface area contributed by atoms with Crippen LogP contribution in [0.15, 0.2) is 24.3 Å². The first-order valence-electron chi connectivity index (χ1n) is 11.8. The zero-order valence-electron chi connectivity index (χ0n) is 19.6. The van der Waals surface area contributed by atoms with Gasteiger partial charge in [0.2, 0.25) is 5.91 Å². The topological polar surface area (TPSA) is 74.0 Å². The van der Waals surface area contributed by atoms with Crippen molar-refractivity contribution in [3.05, 3.63) is 35.5 Å². The van der Waals surface area contributed by atoms with Crippen LogP contribution in [0.3, 0.4) is 0 Å². The number of aromatic nitrogens is 3. The molecule has 32 heavy (non-hydrogen) atoms. The number of carbonyl (C=O) groups excluding carboxylic acids is 1. The molecule has 1 saturated carbocycles. The molecule has 0 spiro atoms. The van der Waals surface area contributed by atoms with Gasteiger partial charge in [0, 0.05) is 47.9 Å². The number of fused-ring (bicyclic) bond motifs is 2. The number of H-pyrrole nitrogens is 2. The number of carbonyl (C=O) groups is 1. The number of nitrogens with zero attached hydrogens (tertiary/aromatic N) is 2. The Morgan fingerprint density at radius 3 is 2.72 bits per heavy atom. The summed E-state index contributed by atoms with van der Waals surface area (Å²) in [5, 5.41) is 9.08. The van der Waals surface area contributed by atoms with Gasteiger partial charge in [-0.15, -0.1) is 0 Å². The van der Waals surface area contributed by atoms with E-state index in [2.05, 4.69) is 47.2 Å². The van der Waals surface area contributed by atoms with E-state index >= 15 is 0 Å². The Labute approximate surface area is 189 Å². The Bertz CT molecular complexity index is 1130. The van der Waals surface area contributed by atoms with Crippen molar-refractivity contribution in [2.24, 2.45) is 11.3 Å². The summed E-state index contributed by atoms with van der Waals surface area (Å²) in [6.45, 7) is 4.64. The molecule has 3 aromatic rings. The molecule has 6 heteroatoms. The highest BCUT2D eigenvalue weighted by molar-refractivity contribution is 5.97. The Kier molecular flexibility index (Phi) is 5.36. The van der Waals surface area contributed by atoms with Gasteiger partial charge >= 0.3 is 0 Å². The van der Waals surface area contributed by atoms with Crippen molar-refractivity contribution in [2.45, 2.75) is 64.9 Å². The van der Waals surface area contributed by atoms with Gasteiger partial charge < -0.3 is 14.6 Å². The van der Waals surface area contributed by atoms with Crippen LogP contribution in [-0.4, -0.2) is 41.3 Å². The zero-order valence-corrected chi connectivity index (χ0v) is 19.6. The number of anilines is 1. The highest BCUT2D eigenvalue weighted by Gasteiger charge is 2.30. The van der Waals surface area contributed by atoms with Crippen molar-refractivity contribution in [1.29, 1.82) is 0 Å². The molecular formula is C26H34N4O2. The molecule has 0 atom stereocenters. The van der Waals surface area contributed by atoms with Crippen LogP contribution in [0.4, 0.5) is 5.69 Å². The van der Waals surface area contributed by atoms with Crippen LogP contribution in [0, 0.1) is 11.3 Å². The molecule has 6 nitrogen and oxygen atoms in total. The fraction of sp³-hybridized carbons (Fsp3) is 0.538. The molecule has 170 valence electrons. The van der Waals surface area contributed by atoms with E-state index in [1.165, 1.54) is 17.7 Å². The van der Waals surface area contributed by atoms with Gasteiger partial charge in [0.05, 0.1) is 11.8 Å². The van der Waals surface area contributed by atoms with Crippen molar-refractivity contribution >= 4 is 22.5 Å². The van der Waals surface area contributed by atoms with E-state index in [9.17, 15) is 4.79 Å². The second kappa shape index (κ2) is 8.07. The summed E-state index contributed by atoms with van der Waals surface area (Å²) in [4.78, 5) is 18.5. The standard InChI is InChI=1S/C26H34N4O2/c1-26(2)12-11-20-23(15-26)28-29-24(20)22-13-17-5-8-18(14-21(17)27-22)30(3)25(31)16-6-9-19(32-4)10-7-16/h5,8,13-14,16,19,27H,6-7,9-12,15H2,1-4H3,(H,28,29). The minimum absolute atomic E-state index is 0.0844. The number of methoxy groups -OCH3 is 1. The summed E-state index contributed by atoms with van der Waals surface area (Å²) in [6, 6.07) is 8.39. The largest absolute Gasteiger partial charge is 0.381 e. The first kappa shape index (κ1) is 21.3. The van der Waals surface area contributed by atoms with E-state index in [1.807, 2.05) is 18.0 Å². The van der Waals surface area contributed by atoms with Crippen LogP contribution in [-0.2, 0) is 22.4 Å². The SMILES string of the molecule is COC1CCC(C(=O)N(C)c2ccc3cc(-c4n[nH]c5c4CCC(C)(C)C5)[nH]c3c2)CC1. The van der Waals surface area contributed by atoms with E-state index in [0.29, 0.717) is 11.5 Å². The molecule has 2 aliphatic carbocycles. The lowest BCUT2D eigenvalue weighted by Crippen LogP contribution is -2.36. The Morgan fingerprint density at radius 2 is 1.97 bits per heavy atom. The van der Waals surface area contributed by atoms with E-state index in [0.717, 1.165) is 66.5 Å². The van der Waals surface area contributed by atoms with Gasteiger partial charge in [0.25, 0.3) is 0 Å². The van der Waals surface area contributed by atoms with Crippen LogP contribution in [0.25, 0.3) is 22.3 Å². The number of amides is 1. The zero-order chi connectivity index (χ0) is 22.5. The van der Waals surface area contributed by atoms with Crippen LogP contribution in [0.1, 0.15) is 57.2 Å². The predicted octanol–water partition coefficient (Wildman–Crippen LogP) is 5.24. The lowest BCUT2D eigenvalue weighted by molar-refractivity contribution is -0.123. The van der Waals surface area contributed by atoms with Gasteiger partial charge in [-0.25, -0.2) is 0 Å². The lowest BCUT2D eigenvalue weighted by atomic mass is 9.76. The molecule has 0 radical (unpaired) electrons. The number of hydrogen-bond donors (Lipinski definition) is 2. The fourth-order valence-electron chi connectivity index (χ4n) is 5.47. The molecule has 0 aliphatic heterocycles. The first-order valence-corrected chi connectivity index (χ1v) is 11.8. The van der Waals surface area contributed by atoms with E-state index in [4.69, 9.17) is 4.74 Å². The average Bonchev–Trinajstić information content (AvgIpc) is 3.40.